The van der Waals surface area contributed by atoms with Crippen LogP contribution in [0.1, 0.15) is 0 Å². The molecule has 6 N–H and O–H groups in total. The Balaban J connectivity index is 2.81. The molecule has 0 aliphatic heterocycles. The van der Waals surface area contributed by atoms with Crippen LogP contribution < -0.4 is 16.2 Å². The van der Waals surface area contributed by atoms with Crippen LogP contribution in [0.25, 0.3) is 0 Å². The molecule has 0 aromatic heterocycles. The van der Waals surface area contributed by atoms with Gasteiger partial charge in [-0.15, -0.1) is 0 Å². The van der Waals surface area contributed by atoms with Gasteiger partial charge < -0.3 is 16.2 Å². The van der Waals surface area contributed by atoms with E-state index in [1.165, 1.54) is 6.07 Å². The molecule has 6 nitrogen and oxygen atoms in total. The van der Waals surface area contributed by atoms with Gasteiger partial charge in [0, 0.05) is 12.2 Å². The maximum atomic E-state index is 12.0. The predicted octanol–water partition coefficient (Wildman–Crippen LogP) is 0.251. The second kappa shape index (κ2) is 5.23. The summed E-state index contributed by atoms with van der Waals surface area (Å²) in [5, 5.41) is 15.9. The summed E-state index contributed by atoms with van der Waals surface area (Å²) in [6.07, 6.45) is -7.27. The zero-order valence-corrected chi connectivity index (χ0v) is 10.3. The van der Waals surface area contributed by atoms with Crippen molar-refractivity contribution >= 4 is 21.4 Å². The minimum Gasteiger partial charge on any atom is -0.398 e. The Kier molecular flexibility index (Phi) is 4.28. The first-order valence-corrected chi connectivity index (χ1v) is 6.47. The zero-order valence-electron chi connectivity index (χ0n) is 9.48. The number of sulfonamides is 1. The molecule has 0 radical (unpaired) electrons. The lowest BCUT2D eigenvalue weighted by atomic mass is 10.2. The highest BCUT2D eigenvalue weighted by Gasteiger charge is 2.37. The van der Waals surface area contributed by atoms with Crippen molar-refractivity contribution in [2.45, 2.75) is 17.2 Å². The number of hydrogen-bond acceptors (Lipinski definition) is 5. The molecule has 0 amide bonds. The first kappa shape index (κ1) is 15.5. The van der Waals surface area contributed by atoms with Gasteiger partial charge in [0.15, 0.2) is 6.10 Å². The third-order valence-corrected chi connectivity index (χ3v) is 3.18. The summed E-state index contributed by atoms with van der Waals surface area (Å²) in [6, 6.07) is 3.37. The van der Waals surface area contributed by atoms with Crippen molar-refractivity contribution in [2.75, 3.05) is 17.6 Å². The number of benzene rings is 1. The van der Waals surface area contributed by atoms with Crippen molar-refractivity contribution in [3.63, 3.8) is 0 Å². The van der Waals surface area contributed by atoms with E-state index in [9.17, 15) is 21.6 Å². The van der Waals surface area contributed by atoms with Crippen LogP contribution in [0.3, 0.4) is 0 Å². The number of nitrogens with one attached hydrogen (secondary N) is 1. The maximum Gasteiger partial charge on any atom is 0.416 e. The fraction of sp³-hybridized carbons (Fsp3) is 0.333. The minimum atomic E-state index is -4.74. The lowest BCUT2D eigenvalue weighted by molar-refractivity contribution is -0.198. The molecule has 0 aliphatic carbocycles. The smallest absolute Gasteiger partial charge is 0.398 e. The van der Waals surface area contributed by atoms with Gasteiger partial charge in [0.1, 0.15) is 4.90 Å². The first-order chi connectivity index (χ1) is 8.51. The summed E-state index contributed by atoms with van der Waals surface area (Å²) < 4.78 is 58.2. The third kappa shape index (κ3) is 4.26. The van der Waals surface area contributed by atoms with Crippen LogP contribution >= 0.6 is 0 Å². The number of hydrogen-bond donors (Lipinski definition) is 4. The van der Waals surface area contributed by atoms with Gasteiger partial charge in [0.05, 0.1) is 5.69 Å². The Labute approximate surface area is 107 Å². The predicted molar refractivity (Wildman–Crippen MR) is 62.8 cm³/mol. The van der Waals surface area contributed by atoms with E-state index in [-0.39, 0.29) is 16.3 Å². The number of nitrogens with two attached hydrogens (primary N) is 2. The molecule has 19 heavy (non-hydrogen) atoms. The largest absolute Gasteiger partial charge is 0.416 e. The van der Waals surface area contributed by atoms with E-state index < -0.39 is 28.8 Å². The van der Waals surface area contributed by atoms with Crippen LogP contribution in [0.2, 0.25) is 0 Å². The van der Waals surface area contributed by atoms with Crippen molar-refractivity contribution in [1.29, 1.82) is 0 Å². The van der Waals surface area contributed by atoms with Gasteiger partial charge in [0.2, 0.25) is 10.0 Å². The quantitative estimate of drug-likeness (QED) is 0.594. The average Bonchev–Trinajstić information content (AvgIpc) is 2.22. The fourth-order valence-electron chi connectivity index (χ4n) is 1.25. The summed E-state index contributed by atoms with van der Waals surface area (Å²) in [5.41, 5.74) is 5.35. The molecule has 0 saturated heterocycles. The van der Waals surface area contributed by atoms with E-state index in [2.05, 4.69) is 5.32 Å². The van der Waals surface area contributed by atoms with Gasteiger partial charge >= 0.3 is 6.18 Å². The molecule has 1 unspecified atom stereocenters. The zero-order chi connectivity index (χ0) is 14.8. The Bertz CT molecular complexity index is 560. The van der Waals surface area contributed by atoms with E-state index in [1.807, 2.05) is 0 Å². The van der Waals surface area contributed by atoms with Crippen LogP contribution in [0.4, 0.5) is 24.5 Å². The number of alkyl halides is 3. The van der Waals surface area contributed by atoms with Gasteiger partial charge in [-0.25, -0.2) is 13.6 Å². The Hall–Kier alpha value is -1.52. The van der Waals surface area contributed by atoms with Crippen molar-refractivity contribution in [3.8, 4) is 0 Å². The van der Waals surface area contributed by atoms with E-state index in [0.29, 0.717) is 0 Å². The molecule has 1 aromatic carbocycles. The van der Waals surface area contributed by atoms with Gasteiger partial charge in [-0.1, -0.05) is 0 Å². The highest BCUT2D eigenvalue weighted by atomic mass is 32.2. The number of anilines is 2. The maximum absolute atomic E-state index is 12.0. The number of primary sulfonamides is 1. The lowest BCUT2D eigenvalue weighted by Crippen LogP contribution is -2.35. The molecule has 0 aliphatic rings. The molecule has 1 aromatic rings. The molecule has 0 heterocycles. The Morgan fingerprint density at radius 2 is 1.95 bits per heavy atom. The van der Waals surface area contributed by atoms with Crippen LogP contribution in [0.15, 0.2) is 23.1 Å². The Morgan fingerprint density at radius 3 is 2.37 bits per heavy atom. The van der Waals surface area contributed by atoms with Crippen LogP contribution in [-0.4, -0.2) is 32.3 Å². The van der Waals surface area contributed by atoms with E-state index in [0.717, 1.165) is 12.1 Å². The summed E-state index contributed by atoms with van der Waals surface area (Å²) >= 11 is 0. The molecular formula is C9H12F3N3O3S. The van der Waals surface area contributed by atoms with Crippen LogP contribution in [0, 0.1) is 0 Å². The van der Waals surface area contributed by atoms with E-state index in [4.69, 9.17) is 16.0 Å². The van der Waals surface area contributed by atoms with Gasteiger partial charge in [-0.05, 0) is 18.2 Å². The summed E-state index contributed by atoms with van der Waals surface area (Å²) in [4.78, 5) is -0.325. The number of aliphatic hydroxyl groups excluding tert-OH is 1. The summed E-state index contributed by atoms with van der Waals surface area (Å²) in [7, 11) is -3.99. The first-order valence-electron chi connectivity index (χ1n) is 4.93. The van der Waals surface area contributed by atoms with Gasteiger partial charge in [0.25, 0.3) is 0 Å². The second-order valence-electron chi connectivity index (χ2n) is 3.74. The van der Waals surface area contributed by atoms with Crippen LogP contribution in [0.5, 0.6) is 0 Å². The van der Waals surface area contributed by atoms with E-state index >= 15 is 0 Å². The third-order valence-electron chi connectivity index (χ3n) is 2.19. The highest BCUT2D eigenvalue weighted by Crippen LogP contribution is 2.23. The molecule has 0 fully saturated rings. The molecule has 1 rings (SSSR count). The number of halogens is 3. The van der Waals surface area contributed by atoms with E-state index in [1.54, 1.807) is 0 Å². The van der Waals surface area contributed by atoms with Crippen molar-refractivity contribution in [2.24, 2.45) is 5.14 Å². The Morgan fingerprint density at radius 1 is 1.37 bits per heavy atom. The summed E-state index contributed by atoms with van der Waals surface area (Å²) in [5.74, 6) is 0. The van der Waals surface area contributed by atoms with Crippen molar-refractivity contribution in [1.82, 2.24) is 0 Å². The molecule has 1 atom stereocenters. The number of rotatable bonds is 4. The molecule has 108 valence electrons. The number of nitrogen functional groups attached to an aromatic ring is 1. The van der Waals surface area contributed by atoms with Crippen LogP contribution in [-0.2, 0) is 10.0 Å². The monoisotopic (exact) mass is 299 g/mol. The molecule has 0 bridgehead atoms. The average molecular weight is 299 g/mol. The van der Waals surface area contributed by atoms with Gasteiger partial charge in [-0.2, -0.15) is 13.2 Å². The minimum absolute atomic E-state index is 0.133. The molecule has 0 spiro atoms. The van der Waals surface area contributed by atoms with Gasteiger partial charge in [-0.3, -0.25) is 0 Å². The highest BCUT2D eigenvalue weighted by molar-refractivity contribution is 7.89. The summed E-state index contributed by atoms with van der Waals surface area (Å²) in [6.45, 7) is -0.780. The van der Waals surface area contributed by atoms with Crippen molar-refractivity contribution in [3.05, 3.63) is 18.2 Å². The topological polar surface area (TPSA) is 118 Å². The number of aliphatic hydroxyl groups is 1. The lowest BCUT2D eigenvalue weighted by Gasteiger charge is -2.16. The normalized spacial score (nSPS) is 14.2. The SMILES string of the molecule is Nc1cc(NCC(O)C(F)(F)F)ccc1S(N)(=O)=O. The second-order valence-corrected chi connectivity index (χ2v) is 5.27. The molecular weight excluding hydrogens is 287 g/mol. The molecule has 10 heteroatoms. The van der Waals surface area contributed by atoms with Crippen molar-refractivity contribution < 1.29 is 26.7 Å². The standard InChI is InChI=1S/C9H12F3N3O3S/c10-9(11,12)8(16)4-15-5-1-2-7(6(13)3-5)19(14,17)18/h1-3,8,15-16H,4,13H2,(H2,14,17,18). The molecule has 0 saturated carbocycles. The fourth-order valence-corrected chi connectivity index (χ4v) is 1.89.